The number of para-hydroxylation sites is 1. The zero-order chi connectivity index (χ0) is 20.8. The van der Waals surface area contributed by atoms with Gasteiger partial charge in [-0.1, -0.05) is 48.5 Å². The first-order valence-electron chi connectivity index (χ1n) is 8.71. The number of hydrogen-bond donors (Lipinski definition) is 3. The van der Waals surface area contributed by atoms with Gasteiger partial charge in [-0.3, -0.25) is 19.7 Å². The third-order valence-electron chi connectivity index (χ3n) is 4.20. The Bertz CT molecular complexity index is 1040. The summed E-state index contributed by atoms with van der Waals surface area (Å²) in [5.74, 6) is -1.38. The molecule has 0 aliphatic carbocycles. The summed E-state index contributed by atoms with van der Waals surface area (Å²) < 4.78 is 0. The molecule has 1 unspecified atom stereocenters. The van der Waals surface area contributed by atoms with Crippen molar-refractivity contribution in [3.05, 3.63) is 100 Å². The number of nitro groups is 1. The van der Waals surface area contributed by atoms with Crippen LogP contribution in [0, 0.1) is 10.1 Å². The van der Waals surface area contributed by atoms with E-state index in [9.17, 15) is 19.7 Å². The molecule has 3 aromatic carbocycles. The van der Waals surface area contributed by atoms with Crippen LogP contribution in [0.25, 0.3) is 0 Å². The van der Waals surface area contributed by atoms with Gasteiger partial charge in [-0.2, -0.15) is 0 Å². The van der Waals surface area contributed by atoms with Crippen molar-refractivity contribution in [2.75, 3.05) is 5.32 Å². The lowest BCUT2D eigenvalue weighted by atomic mass is 10.1. The first-order chi connectivity index (χ1) is 14.0. The van der Waals surface area contributed by atoms with E-state index >= 15 is 0 Å². The van der Waals surface area contributed by atoms with Crippen molar-refractivity contribution >= 4 is 28.9 Å². The molecule has 29 heavy (non-hydrogen) atoms. The van der Waals surface area contributed by atoms with E-state index in [1.54, 1.807) is 54.6 Å². The van der Waals surface area contributed by atoms with E-state index in [4.69, 9.17) is 5.73 Å². The van der Waals surface area contributed by atoms with E-state index in [1.807, 2.05) is 6.07 Å². The molecular formula is C21H18N4O4. The lowest BCUT2D eigenvalue weighted by molar-refractivity contribution is -0.383. The van der Waals surface area contributed by atoms with Crippen LogP contribution in [0.3, 0.4) is 0 Å². The van der Waals surface area contributed by atoms with Gasteiger partial charge >= 0.3 is 0 Å². The molecular weight excluding hydrogens is 372 g/mol. The van der Waals surface area contributed by atoms with Crippen LogP contribution >= 0.6 is 0 Å². The van der Waals surface area contributed by atoms with Gasteiger partial charge in [-0.15, -0.1) is 0 Å². The average molecular weight is 390 g/mol. The van der Waals surface area contributed by atoms with Gasteiger partial charge in [0.2, 0.25) is 5.91 Å². The lowest BCUT2D eigenvalue weighted by Gasteiger charge is -2.16. The highest BCUT2D eigenvalue weighted by Gasteiger charge is 2.23. The standard InChI is InChI=1S/C21H18N4O4/c22-20(26)19(14-7-3-1-4-8-14)24-21(27)15-11-12-17(18(13-15)25(28)29)23-16-9-5-2-6-10-16/h1-13,19,23H,(H2,22,26)(H,24,27). The second-order valence-electron chi connectivity index (χ2n) is 6.20. The number of carbonyl (C=O) groups is 2. The fourth-order valence-electron chi connectivity index (χ4n) is 2.79. The van der Waals surface area contributed by atoms with E-state index in [2.05, 4.69) is 10.6 Å². The summed E-state index contributed by atoms with van der Waals surface area (Å²) in [4.78, 5) is 35.3. The second kappa shape index (κ2) is 8.66. The van der Waals surface area contributed by atoms with Gasteiger partial charge in [0.1, 0.15) is 11.7 Å². The molecule has 4 N–H and O–H groups in total. The van der Waals surface area contributed by atoms with Crippen LogP contribution < -0.4 is 16.4 Å². The van der Waals surface area contributed by atoms with E-state index < -0.39 is 22.8 Å². The normalized spacial score (nSPS) is 11.3. The summed E-state index contributed by atoms with van der Waals surface area (Å²) in [5, 5.41) is 17.0. The third kappa shape index (κ3) is 4.75. The van der Waals surface area contributed by atoms with E-state index in [0.29, 0.717) is 11.3 Å². The van der Waals surface area contributed by atoms with Gasteiger partial charge in [0, 0.05) is 17.3 Å². The molecule has 0 aliphatic heterocycles. The van der Waals surface area contributed by atoms with Gasteiger partial charge in [-0.25, -0.2) is 0 Å². The quantitative estimate of drug-likeness (QED) is 0.421. The molecule has 3 aromatic rings. The number of nitrogens with one attached hydrogen (secondary N) is 2. The summed E-state index contributed by atoms with van der Waals surface area (Å²) in [6, 6.07) is 20.5. The van der Waals surface area contributed by atoms with Gasteiger partial charge in [0.05, 0.1) is 4.92 Å². The molecule has 0 radical (unpaired) electrons. The zero-order valence-electron chi connectivity index (χ0n) is 15.2. The molecule has 0 aromatic heterocycles. The van der Waals surface area contributed by atoms with Crippen molar-refractivity contribution in [2.24, 2.45) is 5.73 Å². The van der Waals surface area contributed by atoms with E-state index in [-0.39, 0.29) is 16.9 Å². The van der Waals surface area contributed by atoms with Crippen molar-refractivity contribution in [1.82, 2.24) is 5.32 Å². The molecule has 1 atom stereocenters. The molecule has 0 aliphatic rings. The SMILES string of the molecule is NC(=O)C(NC(=O)c1ccc(Nc2ccccc2)c([N+](=O)[O-])c1)c1ccccc1. The molecule has 0 spiro atoms. The number of nitrogens with two attached hydrogens (primary N) is 1. The van der Waals surface area contributed by atoms with Crippen molar-refractivity contribution in [3.8, 4) is 0 Å². The Kier molecular flexibility index (Phi) is 5.84. The Morgan fingerprint density at radius 3 is 2.14 bits per heavy atom. The van der Waals surface area contributed by atoms with Gasteiger partial charge < -0.3 is 16.4 Å². The molecule has 8 heteroatoms. The van der Waals surface area contributed by atoms with Crippen molar-refractivity contribution in [1.29, 1.82) is 0 Å². The molecule has 0 fully saturated rings. The Morgan fingerprint density at radius 2 is 1.55 bits per heavy atom. The Labute approximate surface area is 166 Å². The number of primary amides is 1. The fraction of sp³-hybridized carbons (Fsp3) is 0.0476. The fourth-order valence-corrected chi connectivity index (χ4v) is 2.79. The molecule has 0 heterocycles. The minimum Gasteiger partial charge on any atom is -0.368 e. The van der Waals surface area contributed by atoms with Crippen molar-refractivity contribution in [2.45, 2.75) is 6.04 Å². The van der Waals surface area contributed by atoms with Gasteiger partial charge in [0.15, 0.2) is 0 Å². The van der Waals surface area contributed by atoms with Gasteiger partial charge in [0.25, 0.3) is 11.6 Å². The number of carbonyl (C=O) groups excluding carboxylic acids is 2. The molecule has 0 saturated carbocycles. The topological polar surface area (TPSA) is 127 Å². The second-order valence-corrected chi connectivity index (χ2v) is 6.20. The molecule has 0 saturated heterocycles. The first-order valence-corrected chi connectivity index (χ1v) is 8.71. The molecule has 146 valence electrons. The van der Waals surface area contributed by atoms with Crippen molar-refractivity contribution < 1.29 is 14.5 Å². The molecule has 2 amide bonds. The number of amides is 2. The number of nitro benzene ring substituents is 1. The van der Waals surface area contributed by atoms with Crippen LogP contribution in [0.1, 0.15) is 22.0 Å². The Morgan fingerprint density at radius 1 is 0.931 bits per heavy atom. The minimum absolute atomic E-state index is 0.0393. The molecule has 0 bridgehead atoms. The maximum atomic E-state index is 12.6. The minimum atomic E-state index is -1.05. The Hall–Kier alpha value is -4.20. The number of benzene rings is 3. The summed E-state index contributed by atoms with van der Waals surface area (Å²) in [6.45, 7) is 0. The predicted molar refractivity (Wildman–Crippen MR) is 109 cm³/mol. The first kappa shape index (κ1) is 19.6. The maximum absolute atomic E-state index is 12.6. The number of rotatable bonds is 7. The summed E-state index contributed by atoms with van der Waals surface area (Å²) in [6.07, 6.45) is 0. The van der Waals surface area contributed by atoms with Crippen LogP contribution in [0.2, 0.25) is 0 Å². The van der Waals surface area contributed by atoms with E-state index in [0.717, 1.165) is 6.07 Å². The van der Waals surface area contributed by atoms with Crippen LogP contribution in [0.5, 0.6) is 0 Å². The highest BCUT2D eigenvalue weighted by Crippen LogP contribution is 2.29. The number of hydrogen-bond acceptors (Lipinski definition) is 5. The lowest BCUT2D eigenvalue weighted by Crippen LogP contribution is -2.37. The number of anilines is 2. The summed E-state index contributed by atoms with van der Waals surface area (Å²) in [5.41, 5.74) is 6.62. The Balaban J connectivity index is 1.86. The third-order valence-corrected chi connectivity index (χ3v) is 4.20. The van der Waals surface area contributed by atoms with Crippen molar-refractivity contribution in [3.63, 3.8) is 0 Å². The van der Waals surface area contributed by atoms with Crippen LogP contribution in [0.15, 0.2) is 78.9 Å². The largest absolute Gasteiger partial charge is 0.368 e. The highest BCUT2D eigenvalue weighted by atomic mass is 16.6. The summed E-state index contributed by atoms with van der Waals surface area (Å²) in [7, 11) is 0. The monoisotopic (exact) mass is 390 g/mol. The summed E-state index contributed by atoms with van der Waals surface area (Å²) >= 11 is 0. The number of nitrogens with zero attached hydrogens (tertiary/aromatic N) is 1. The molecule has 8 nitrogen and oxygen atoms in total. The maximum Gasteiger partial charge on any atom is 0.293 e. The predicted octanol–water partition coefficient (Wildman–Crippen LogP) is 3.29. The average Bonchev–Trinajstić information content (AvgIpc) is 2.73. The highest BCUT2D eigenvalue weighted by molar-refractivity contribution is 5.98. The smallest absolute Gasteiger partial charge is 0.293 e. The van der Waals surface area contributed by atoms with E-state index in [1.165, 1.54) is 12.1 Å². The molecule has 3 rings (SSSR count). The van der Waals surface area contributed by atoms with Crippen LogP contribution in [0.4, 0.5) is 17.1 Å². The van der Waals surface area contributed by atoms with Crippen LogP contribution in [-0.4, -0.2) is 16.7 Å². The van der Waals surface area contributed by atoms with Crippen LogP contribution in [-0.2, 0) is 4.79 Å². The van der Waals surface area contributed by atoms with Gasteiger partial charge in [-0.05, 0) is 29.8 Å². The zero-order valence-corrected chi connectivity index (χ0v) is 15.2.